The number of hydrogen-bond acceptors (Lipinski definition) is 3. The van der Waals surface area contributed by atoms with Crippen molar-refractivity contribution in [2.75, 3.05) is 11.9 Å². The molecule has 6 heteroatoms. The predicted molar refractivity (Wildman–Crippen MR) is 91.2 cm³/mol. The zero-order chi connectivity index (χ0) is 16.7. The van der Waals surface area contributed by atoms with Crippen molar-refractivity contribution in [3.8, 4) is 0 Å². The lowest BCUT2D eigenvalue weighted by molar-refractivity contribution is -0.119. The average molecular weight is 314 g/mol. The van der Waals surface area contributed by atoms with E-state index in [2.05, 4.69) is 35.5 Å². The molecule has 0 unspecified atom stereocenters. The fourth-order valence-corrected chi connectivity index (χ4v) is 1.97. The second-order valence-electron chi connectivity index (χ2n) is 5.46. The SMILES string of the molecule is CC(C)c1cccc(NC(N)=NCC(=O)NCc2ccco2)c1. The van der Waals surface area contributed by atoms with E-state index in [1.807, 2.05) is 18.2 Å². The van der Waals surface area contributed by atoms with Crippen LogP contribution in [0.3, 0.4) is 0 Å². The van der Waals surface area contributed by atoms with Crippen LogP contribution in [0.2, 0.25) is 0 Å². The molecule has 0 saturated heterocycles. The zero-order valence-electron chi connectivity index (χ0n) is 13.4. The van der Waals surface area contributed by atoms with E-state index in [4.69, 9.17) is 10.2 Å². The molecule has 0 saturated carbocycles. The maximum Gasteiger partial charge on any atom is 0.242 e. The van der Waals surface area contributed by atoms with E-state index in [9.17, 15) is 4.79 Å². The summed E-state index contributed by atoms with van der Waals surface area (Å²) >= 11 is 0. The van der Waals surface area contributed by atoms with E-state index in [0.29, 0.717) is 18.2 Å². The smallest absolute Gasteiger partial charge is 0.242 e. The first-order valence-electron chi connectivity index (χ1n) is 7.50. The Morgan fingerprint density at radius 2 is 2.13 bits per heavy atom. The largest absolute Gasteiger partial charge is 0.467 e. The third kappa shape index (κ3) is 5.50. The first-order valence-corrected chi connectivity index (χ1v) is 7.50. The van der Waals surface area contributed by atoms with Crippen LogP contribution in [0.1, 0.15) is 31.1 Å². The number of amides is 1. The molecule has 1 aromatic carbocycles. The van der Waals surface area contributed by atoms with Gasteiger partial charge in [-0.05, 0) is 35.7 Å². The molecular formula is C17H22N4O2. The average Bonchev–Trinajstić information content (AvgIpc) is 3.04. The number of carbonyl (C=O) groups excluding carboxylic acids is 1. The van der Waals surface area contributed by atoms with Crippen LogP contribution in [0.15, 0.2) is 52.1 Å². The number of rotatable bonds is 6. The van der Waals surface area contributed by atoms with Crippen LogP contribution in [-0.4, -0.2) is 18.4 Å². The number of guanidine groups is 1. The van der Waals surface area contributed by atoms with Gasteiger partial charge in [-0.1, -0.05) is 26.0 Å². The molecule has 23 heavy (non-hydrogen) atoms. The minimum absolute atomic E-state index is 0.0383. The number of anilines is 1. The summed E-state index contributed by atoms with van der Waals surface area (Å²) in [6, 6.07) is 11.5. The summed E-state index contributed by atoms with van der Waals surface area (Å²) in [4.78, 5) is 15.7. The van der Waals surface area contributed by atoms with Gasteiger partial charge in [0.2, 0.25) is 5.91 Å². The van der Waals surface area contributed by atoms with Crippen LogP contribution in [-0.2, 0) is 11.3 Å². The number of hydrogen-bond donors (Lipinski definition) is 3. The molecule has 122 valence electrons. The Morgan fingerprint density at radius 1 is 1.30 bits per heavy atom. The summed E-state index contributed by atoms with van der Waals surface area (Å²) in [5.74, 6) is 1.11. The molecule has 0 fully saturated rings. The second-order valence-corrected chi connectivity index (χ2v) is 5.46. The molecule has 2 rings (SSSR count). The molecule has 0 atom stereocenters. The van der Waals surface area contributed by atoms with Crippen molar-refractivity contribution in [1.29, 1.82) is 0 Å². The van der Waals surface area contributed by atoms with Gasteiger partial charge in [-0.25, -0.2) is 4.99 Å². The van der Waals surface area contributed by atoms with Gasteiger partial charge in [-0.2, -0.15) is 0 Å². The van der Waals surface area contributed by atoms with Gasteiger partial charge in [0.1, 0.15) is 12.3 Å². The molecule has 0 aliphatic rings. The minimum atomic E-state index is -0.220. The Bertz CT molecular complexity index is 663. The number of benzene rings is 1. The fourth-order valence-electron chi connectivity index (χ4n) is 1.97. The van der Waals surface area contributed by atoms with Crippen molar-refractivity contribution in [3.05, 3.63) is 54.0 Å². The van der Waals surface area contributed by atoms with Crippen molar-refractivity contribution in [1.82, 2.24) is 5.32 Å². The Morgan fingerprint density at radius 3 is 2.83 bits per heavy atom. The molecule has 0 radical (unpaired) electrons. The zero-order valence-corrected chi connectivity index (χ0v) is 13.4. The Kier molecular flexibility index (Phi) is 5.80. The first kappa shape index (κ1) is 16.6. The molecule has 6 nitrogen and oxygen atoms in total. The van der Waals surface area contributed by atoms with Crippen LogP contribution >= 0.6 is 0 Å². The molecule has 1 amide bonds. The monoisotopic (exact) mass is 314 g/mol. The van der Waals surface area contributed by atoms with Crippen molar-refractivity contribution in [3.63, 3.8) is 0 Å². The fraction of sp³-hybridized carbons (Fsp3) is 0.294. The summed E-state index contributed by atoms with van der Waals surface area (Å²) in [6.45, 7) is 4.55. The van der Waals surface area contributed by atoms with Crippen LogP contribution in [0.5, 0.6) is 0 Å². The summed E-state index contributed by atoms with van der Waals surface area (Å²) in [6.07, 6.45) is 1.56. The maximum atomic E-state index is 11.7. The number of nitrogens with zero attached hydrogens (tertiary/aromatic N) is 1. The highest BCUT2D eigenvalue weighted by Crippen LogP contribution is 2.18. The molecule has 0 aliphatic heterocycles. The minimum Gasteiger partial charge on any atom is -0.467 e. The van der Waals surface area contributed by atoms with Gasteiger partial charge in [0.05, 0.1) is 12.8 Å². The molecule has 1 heterocycles. The van der Waals surface area contributed by atoms with Crippen LogP contribution in [0.25, 0.3) is 0 Å². The molecule has 0 bridgehead atoms. The van der Waals surface area contributed by atoms with Crippen molar-refractivity contribution in [2.24, 2.45) is 10.7 Å². The highest BCUT2D eigenvalue weighted by atomic mass is 16.3. The lowest BCUT2D eigenvalue weighted by atomic mass is 10.0. The summed E-state index contributed by atoms with van der Waals surface area (Å²) < 4.78 is 5.13. The lowest BCUT2D eigenvalue weighted by Crippen LogP contribution is -2.28. The van der Waals surface area contributed by atoms with Crippen LogP contribution < -0.4 is 16.4 Å². The third-order valence-corrected chi connectivity index (χ3v) is 3.26. The number of furan rings is 1. The van der Waals surface area contributed by atoms with Crippen molar-refractivity contribution < 1.29 is 9.21 Å². The standard InChI is InChI=1S/C17H22N4O2/c1-12(2)13-5-3-6-14(9-13)21-17(18)20-11-16(22)19-10-15-7-4-8-23-15/h3-9,12H,10-11H2,1-2H3,(H,19,22)(H3,18,20,21). The Labute approximate surface area is 135 Å². The van der Waals surface area contributed by atoms with Gasteiger partial charge in [0.25, 0.3) is 0 Å². The highest BCUT2D eigenvalue weighted by molar-refractivity contribution is 5.93. The summed E-state index contributed by atoms with van der Waals surface area (Å²) in [5, 5.41) is 5.70. The summed E-state index contributed by atoms with van der Waals surface area (Å²) in [5.41, 5.74) is 7.87. The van der Waals surface area contributed by atoms with Gasteiger partial charge in [0.15, 0.2) is 5.96 Å². The third-order valence-electron chi connectivity index (χ3n) is 3.26. The van der Waals surface area contributed by atoms with Crippen molar-refractivity contribution >= 4 is 17.6 Å². The number of nitrogens with two attached hydrogens (primary N) is 1. The quantitative estimate of drug-likeness (QED) is 0.564. The van der Waals surface area contributed by atoms with E-state index < -0.39 is 0 Å². The topological polar surface area (TPSA) is 92.6 Å². The van der Waals surface area contributed by atoms with Crippen LogP contribution in [0, 0.1) is 0 Å². The molecule has 2 aromatic rings. The first-order chi connectivity index (χ1) is 11.0. The van der Waals surface area contributed by atoms with E-state index in [-0.39, 0.29) is 18.4 Å². The lowest BCUT2D eigenvalue weighted by Gasteiger charge is -2.10. The molecular weight excluding hydrogens is 292 g/mol. The van der Waals surface area contributed by atoms with Gasteiger partial charge >= 0.3 is 0 Å². The highest BCUT2D eigenvalue weighted by Gasteiger charge is 2.04. The maximum absolute atomic E-state index is 11.7. The normalized spacial score (nSPS) is 11.5. The molecule has 0 spiro atoms. The Balaban J connectivity index is 1.82. The molecule has 1 aromatic heterocycles. The van der Waals surface area contributed by atoms with Gasteiger partial charge in [-0.3, -0.25) is 4.79 Å². The van der Waals surface area contributed by atoms with Crippen LogP contribution in [0.4, 0.5) is 5.69 Å². The van der Waals surface area contributed by atoms with Gasteiger partial charge in [0, 0.05) is 5.69 Å². The number of nitrogens with one attached hydrogen (secondary N) is 2. The predicted octanol–water partition coefficient (Wildman–Crippen LogP) is 2.45. The molecule has 4 N–H and O–H groups in total. The number of carbonyl (C=O) groups is 1. The van der Waals surface area contributed by atoms with E-state index >= 15 is 0 Å². The van der Waals surface area contributed by atoms with Gasteiger partial charge < -0.3 is 20.8 Å². The summed E-state index contributed by atoms with van der Waals surface area (Å²) in [7, 11) is 0. The van der Waals surface area contributed by atoms with E-state index in [1.54, 1.807) is 18.4 Å². The molecule has 0 aliphatic carbocycles. The van der Waals surface area contributed by atoms with Gasteiger partial charge in [-0.15, -0.1) is 0 Å². The van der Waals surface area contributed by atoms with Crippen molar-refractivity contribution in [2.45, 2.75) is 26.3 Å². The number of aliphatic imine (C=N–C) groups is 1. The Hall–Kier alpha value is -2.76. The second kappa shape index (κ2) is 8.03. The van der Waals surface area contributed by atoms with E-state index in [0.717, 1.165) is 5.69 Å². The van der Waals surface area contributed by atoms with E-state index in [1.165, 1.54) is 5.56 Å².